The molecule has 0 nitrogen and oxygen atoms in total. The van der Waals surface area contributed by atoms with Crippen molar-refractivity contribution in [3.05, 3.63) is 0 Å². The summed E-state index contributed by atoms with van der Waals surface area (Å²) in [6, 6.07) is 0. The molecule has 0 aromatic carbocycles. The van der Waals surface area contributed by atoms with Gasteiger partial charge in [-0.1, -0.05) is 0 Å². The Morgan fingerprint density at radius 3 is 1.00 bits per heavy atom. The molecule has 0 aliphatic carbocycles. The van der Waals surface area contributed by atoms with E-state index in [1.54, 1.807) is 0 Å². The van der Waals surface area contributed by atoms with Crippen molar-refractivity contribution < 1.29 is 80.3 Å². The molecule has 0 saturated heterocycles. The van der Waals surface area contributed by atoms with Crippen LogP contribution in [0.4, 0.5) is 0 Å². The maximum atomic E-state index is 0. The summed E-state index contributed by atoms with van der Waals surface area (Å²) >= 11 is 0. The van der Waals surface area contributed by atoms with Gasteiger partial charge in [-0.3, -0.25) is 0 Å². The minimum atomic E-state index is 0. The second kappa shape index (κ2) is 17.3. The summed E-state index contributed by atoms with van der Waals surface area (Å²) in [6.45, 7) is 0. The first-order chi connectivity index (χ1) is 0. The van der Waals surface area contributed by atoms with Gasteiger partial charge >= 0.3 is 0 Å². The van der Waals surface area contributed by atoms with Crippen molar-refractivity contribution >= 4 is 8.41 Å². The topological polar surface area (TPSA) is 0 Å². The maximum Gasteiger partial charge on any atom is 0 e. The Balaban J connectivity index is 0. The van der Waals surface area contributed by atoms with Crippen molar-refractivity contribution in [1.29, 1.82) is 0 Å². The minimum Gasteiger partial charge on any atom is 0 e. The first-order valence-corrected chi connectivity index (χ1v) is 0. The summed E-state index contributed by atoms with van der Waals surface area (Å²) in [5.41, 5.74) is 0. The van der Waals surface area contributed by atoms with E-state index in [-0.39, 0.29) is 88.7 Å². The van der Waals surface area contributed by atoms with Crippen LogP contribution < -0.4 is 0 Å². The molecule has 0 rings (SSSR count). The molecule has 0 aromatic rings. The van der Waals surface area contributed by atoms with Crippen LogP contribution in [0, 0.1) is 40.8 Å². The van der Waals surface area contributed by atoms with Crippen molar-refractivity contribution in [1.82, 2.24) is 0 Å². The summed E-state index contributed by atoms with van der Waals surface area (Å²) < 4.78 is 0. The summed E-state index contributed by atoms with van der Waals surface area (Å²) in [4.78, 5) is 0. The molecule has 4 heteroatoms. The Hall–Kier alpha value is 2.68. The van der Waals surface area contributed by atoms with E-state index in [1.165, 1.54) is 0 Å². The fourth-order valence-electron chi connectivity index (χ4n) is 0. The molecule has 0 aliphatic heterocycles. The second-order valence-corrected chi connectivity index (χ2v) is 0. The second-order valence-electron chi connectivity index (χ2n) is 0. The minimum absolute atomic E-state index is 0. The van der Waals surface area contributed by atoms with Crippen LogP contribution in [-0.2, 0) is 39.4 Å². The van der Waals surface area contributed by atoms with Gasteiger partial charge in [-0.15, -0.1) is 0 Å². The summed E-state index contributed by atoms with van der Waals surface area (Å²) in [6.07, 6.45) is 0. The van der Waals surface area contributed by atoms with Crippen molar-refractivity contribution in [3.63, 3.8) is 0 Å². The fraction of sp³-hybridized carbons (Fsp3) is 0. The molecule has 0 fully saturated rings. The van der Waals surface area contributed by atoms with Crippen molar-refractivity contribution in [2.24, 2.45) is 0 Å². The molecule has 0 aliphatic rings. The van der Waals surface area contributed by atoms with E-state index in [0.29, 0.717) is 0 Å². The zero-order chi connectivity index (χ0) is 0. The summed E-state index contributed by atoms with van der Waals surface area (Å²) in [7, 11) is 0. The normalized spacial score (nSPS) is 0. The van der Waals surface area contributed by atoms with Gasteiger partial charge in [-0.25, -0.2) is 0 Å². The van der Waals surface area contributed by atoms with Crippen LogP contribution in [-0.4, -0.2) is 8.41 Å². The smallest absolute Gasteiger partial charge is 0 e. The molecule has 0 spiro atoms. The molecule has 0 bridgehead atoms. The van der Waals surface area contributed by atoms with Crippen LogP contribution in [0.3, 0.4) is 0 Å². The van der Waals surface area contributed by atoms with Crippen LogP contribution >= 0.6 is 0 Å². The zero-order valence-electron chi connectivity index (χ0n) is 1.73. The van der Waals surface area contributed by atoms with Crippen LogP contribution in [0.1, 0.15) is 0 Å². The zero-order valence-corrected chi connectivity index (χ0v) is 7.53. The Bertz CT molecular complexity index is 8.00. The number of hydrogen-bond donors (Lipinski definition) is 0. The third-order valence-corrected chi connectivity index (χ3v) is 0. The Morgan fingerprint density at radius 2 is 1.00 bits per heavy atom. The molecular weight excluding hydrogens is 319 g/mol. The summed E-state index contributed by atoms with van der Waals surface area (Å²) in [5.74, 6) is 0. The van der Waals surface area contributed by atoms with Gasteiger partial charge in [0.25, 0.3) is 0 Å². The standard InChI is InChI=1S/Ag.B.Fe.Nd. The van der Waals surface area contributed by atoms with Gasteiger partial charge in [-0.2, -0.15) is 0 Å². The average molecular weight is 319 g/mol. The Kier molecular flexibility index (Phi) is 130. The average Bonchev–Trinajstić information content (AvgIpc) is 0. The maximum absolute atomic E-state index is 0. The molecule has 0 unspecified atom stereocenters. The molecule has 0 amide bonds. The molecule has 26 valence electrons. The van der Waals surface area contributed by atoms with Crippen LogP contribution in [0.2, 0.25) is 0 Å². The molecular formula is AgBFeNd. The first kappa shape index (κ1) is 30.0. The van der Waals surface area contributed by atoms with Gasteiger partial charge in [0.15, 0.2) is 0 Å². The third kappa shape index (κ3) is 8.82. The molecule has 0 atom stereocenters. The van der Waals surface area contributed by atoms with Gasteiger partial charge < -0.3 is 0 Å². The van der Waals surface area contributed by atoms with Gasteiger partial charge in [0.1, 0.15) is 0 Å². The van der Waals surface area contributed by atoms with E-state index in [0.717, 1.165) is 0 Å². The van der Waals surface area contributed by atoms with E-state index >= 15 is 0 Å². The number of rotatable bonds is 0. The van der Waals surface area contributed by atoms with Crippen molar-refractivity contribution in [3.8, 4) is 0 Å². The van der Waals surface area contributed by atoms with E-state index in [1.807, 2.05) is 0 Å². The first-order valence-electron chi connectivity index (χ1n) is 0. The van der Waals surface area contributed by atoms with Crippen LogP contribution in [0.15, 0.2) is 0 Å². The predicted molar refractivity (Wildman–Crippen MR) is 5.75 cm³/mol. The predicted octanol–water partition coefficient (Wildman–Crippen LogP) is -0.386. The molecule has 4 radical (unpaired) electrons. The SMILES string of the molecule is [Ag].[B].[Fe].[Nd]. The molecule has 0 N–H and O–H groups in total. The van der Waals surface area contributed by atoms with Gasteiger partial charge in [-0.05, 0) is 0 Å². The van der Waals surface area contributed by atoms with Crippen molar-refractivity contribution in [2.75, 3.05) is 0 Å². The molecule has 0 aromatic heterocycles. The van der Waals surface area contributed by atoms with E-state index in [9.17, 15) is 0 Å². The monoisotopic (exact) mass is 316 g/mol. The van der Waals surface area contributed by atoms with Crippen LogP contribution in [0.25, 0.3) is 0 Å². The molecule has 4 heavy (non-hydrogen) atoms. The van der Waals surface area contributed by atoms with E-state index < -0.39 is 0 Å². The van der Waals surface area contributed by atoms with E-state index in [2.05, 4.69) is 0 Å². The molecule has 0 heterocycles. The Morgan fingerprint density at radius 1 is 1.00 bits per heavy atom. The fourth-order valence-corrected chi connectivity index (χ4v) is 0. The Labute approximate surface area is 86.9 Å². The number of hydrogen-bond acceptors (Lipinski definition) is 0. The van der Waals surface area contributed by atoms with E-state index in [4.69, 9.17) is 0 Å². The third-order valence-electron chi connectivity index (χ3n) is 0. The van der Waals surface area contributed by atoms with Gasteiger partial charge in [0.2, 0.25) is 0 Å². The largest absolute Gasteiger partial charge is 0 e. The van der Waals surface area contributed by atoms with Crippen molar-refractivity contribution in [2.45, 2.75) is 0 Å². The van der Waals surface area contributed by atoms with Gasteiger partial charge in [0, 0.05) is 88.7 Å². The van der Waals surface area contributed by atoms with Gasteiger partial charge in [0.05, 0.1) is 0 Å². The summed E-state index contributed by atoms with van der Waals surface area (Å²) in [5, 5.41) is 0. The quantitative estimate of drug-likeness (QED) is 0.534. The van der Waals surface area contributed by atoms with Crippen LogP contribution in [0.5, 0.6) is 0 Å². The molecule has 0 saturated carbocycles.